The third kappa shape index (κ3) is 1.77. The molecule has 142 valence electrons. The normalized spacial score (nSPS) is 27.5. The molecule has 0 saturated carbocycles. The van der Waals surface area contributed by atoms with Gasteiger partial charge in [-0.05, 0) is 24.8 Å². The zero-order valence-corrected chi connectivity index (χ0v) is 16.0. The summed E-state index contributed by atoms with van der Waals surface area (Å²) in [7, 11) is 0. The van der Waals surface area contributed by atoms with Crippen molar-refractivity contribution in [1.29, 1.82) is 5.26 Å². The van der Waals surface area contributed by atoms with Gasteiger partial charge in [-0.25, -0.2) is 0 Å². The zero-order chi connectivity index (χ0) is 19.8. The van der Waals surface area contributed by atoms with Crippen LogP contribution in [0.5, 0.6) is 0 Å². The van der Waals surface area contributed by atoms with Gasteiger partial charge in [0.05, 0.1) is 11.3 Å². The van der Waals surface area contributed by atoms with Gasteiger partial charge in [0, 0.05) is 23.9 Å². The highest BCUT2D eigenvalue weighted by Gasteiger charge is 2.64. The van der Waals surface area contributed by atoms with E-state index in [1.54, 1.807) is 4.90 Å². The van der Waals surface area contributed by atoms with E-state index in [4.69, 9.17) is 10.5 Å². The van der Waals surface area contributed by atoms with Crippen molar-refractivity contribution in [1.82, 2.24) is 0 Å². The number of carbonyl (C=O) groups excluding carboxylic acids is 2. The Morgan fingerprint density at radius 3 is 2.79 bits per heavy atom. The number of aryl methyl sites for hydroxylation is 1. The van der Waals surface area contributed by atoms with Gasteiger partial charge in [0.2, 0.25) is 11.8 Å². The van der Waals surface area contributed by atoms with E-state index in [9.17, 15) is 14.9 Å². The monoisotopic (exact) mass is 375 g/mol. The van der Waals surface area contributed by atoms with Gasteiger partial charge in [-0.1, -0.05) is 32.0 Å². The van der Waals surface area contributed by atoms with Crippen LogP contribution < -0.4 is 10.6 Å². The number of rotatable bonds is 0. The first-order valence-electron chi connectivity index (χ1n) is 9.65. The van der Waals surface area contributed by atoms with Crippen molar-refractivity contribution < 1.29 is 14.3 Å². The Bertz CT molecular complexity index is 1070. The number of nitrogens with two attached hydrogens (primary N) is 1. The maximum absolute atomic E-state index is 13.9. The number of nitriles is 1. The molecular weight excluding hydrogens is 354 g/mol. The van der Waals surface area contributed by atoms with E-state index in [1.165, 1.54) is 0 Å². The molecule has 5 rings (SSSR count). The first-order chi connectivity index (χ1) is 13.3. The second-order valence-electron chi connectivity index (χ2n) is 8.59. The Morgan fingerprint density at radius 2 is 2.04 bits per heavy atom. The Balaban J connectivity index is 1.94. The molecule has 6 heteroatoms. The number of para-hydroxylation sites is 1. The molecule has 0 bridgehead atoms. The molecule has 1 aromatic rings. The van der Waals surface area contributed by atoms with E-state index in [1.807, 2.05) is 32.0 Å². The van der Waals surface area contributed by atoms with Gasteiger partial charge in [-0.15, -0.1) is 0 Å². The summed E-state index contributed by atoms with van der Waals surface area (Å²) < 4.78 is 5.87. The Kier molecular flexibility index (Phi) is 3.20. The van der Waals surface area contributed by atoms with Crippen LogP contribution in [0.25, 0.3) is 0 Å². The van der Waals surface area contributed by atoms with Crippen LogP contribution in [0.2, 0.25) is 0 Å². The molecule has 3 heterocycles. The topological polar surface area (TPSA) is 96.4 Å². The highest BCUT2D eigenvalue weighted by atomic mass is 16.5. The largest absolute Gasteiger partial charge is 0.444 e. The van der Waals surface area contributed by atoms with Gasteiger partial charge in [-0.3, -0.25) is 9.59 Å². The SMILES string of the molecule is CC1(C)CCC(=O)C2=C1OC(N)=C(C#N)C21C(=O)N2CCCc3cccc1c32. The van der Waals surface area contributed by atoms with E-state index in [-0.39, 0.29) is 23.1 Å². The number of benzene rings is 1. The first kappa shape index (κ1) is 17.1. The number of nitrogens with zero attached hydrogens (tertiary/aromatic N) is 2. The van der Waals surface area contributed by atoms with Crippen LogP contribution in [-0.4, -0.2) is 18.2 Å². The molecule has 1 spiro atoms. The summed E-state index contributed by atoms with van der Waals surface area (Å²) in [5.41, 5.74) is 7.19. The number of amides is 1. The highest BCUT2D eigenvalue weighted by Crippen LogP contribution is 2.59. The number of ether oxygens (including phenoxy) is 1. The van der Waals surface area contributed by atoms with Gasteiger partial charge in [0.15, 0.2) is 5.78 Å². The molecule has 1 unspecified atom stereocenters. The van der Waals surface area contributed by atoms with Gasteiger partial charge >= 0.3 is 0 Å². The van der Waals surface area contributed by atoms with Crippen LogP contribution in [-0.2, 0) is 26.2 Å². The van der Waals surface area contributed by atoms with Crippen molar-refractivity contribution in [2.45, 2.75) is 44.9 Å². The van der Waals surface area contributed by atoms with E-state index >= 15 is 0 Å². The maximum atomic E-state index is 13.9. The third-order valence-corrected chi connectivity index (χ3v) is 6.61. The van der Waals surface area contributed by atoms with E-state index in [0.29, 0.717) is 36.3 Å². The average molecular weight is 375 g/mol. The quantitative estimate of drug-likeness (QED) is 0.752. The Morgan fingerprint density at radius 1 is 1.25 bits per heavy atom. The fourth-order valence-corrected chi connectivity index (χ4v) is 5.27. The molecule has 0 aromatic heterocycles. The predicted octanol–water partition coefficient (Wildman–Crippen LogP) is 2.58. The number of hydrogen-bond acceptors (Lipinski definition) is 5. The number of hydrogen-bond donors (Lipinski definition) is 1. The van der Waals surface area contributed by atoms with Crippen molar-refractivity contribution >= 4 is 17.4 Å². The summed E-state index contributed by atoms with van der Waals surface area (Å²) in [5, 5.41) is 10.0. The summed E-state index contributed by atoms with van der Waals surface area (Å²) in [6, 6.07) is 7.89. The standard InChI is InChI=1S/C22H21N3O3/c1-21(2)9-8-15(26)16-18(21)28-19(24)14(11-23)22(16)13-7-3-5-12-6-4-10-25(17(12)13)20(22)27/h3,5,7H,4,6,8-10,24H2,1-2H3. The van der Waals surface area contributed by atoms with E-state index < -0.39 is 10.8 Å². The average Bonchev–Trinajstić information content (AvgIpc) is 2.91. The van der Waals surface area contributed by atoms with E-state index in [2.05, 4.69) is 6.07 Å². The zero-order valence-electron chi connectivity index (χ0n) is 16.0. The number of anilines is 1. The minimum atomic E-state index is -1.49. The minimum absolute atomic E-state index is 0.0325. The number of fused-ring (bicyclic) bond motifs is 2. The molecule has 1 amide bonds. The van der Waals surface area contributed by atoms with Crippen LogP contribution in [0.15, 0.2) is 41.0 Å². The van der Waals surface area contributed by atoms with Crippen molar-refractivity contribution in [3.63, 3.8) is 0 Å². The smallest absolute Gasteiger partial charge is 0.247 e. The van der Waals surface area contributed by atoms with Gasteiger partial charge in [0.1, 0.15) is 22.8 Å². The van der Waals surface area contributed by atoms with E-state index in [0.717, 1.165) is 24.1 Å². The summed E-state index contributed by atoms with van der Waals surface area (Å²) in [6.45, 7) is 4.55. The predicted molar refractivity (Wildman–Crippen MR) is 102 cm³/mol. The lowest BCUT2D eigenvalue weighted by Gasteiger charge is -2.43. The van der Waals surface area contributed by atoms with Crippen molar-refractivity contribution in [3.05, 3.63) is 52.1 Å². The number of carbonyl (C=O) groups is 2. The molecule has 1 aliphatic carbocycles. The van der Waals surface area contributed by atoms with Gasteiger partial charge in [0.25, 0.3) is 0 Å². The van der Waals surface area contributed by atoms with Crippen LogP contribution in [0.4, 0.5) is 5.69 Å². The Hall–Kier alpha value is -3.07. The first-order valence-corrected chi connectivity index (χ1v) is 9.65. The van der Waals surface area contributed by atoms with Crippen LogP contribution in [0, 0.1) is 16.7 Å². The van der Waals surface area contributed by atoms with Crippen LogP contribution in [0.3, 0.4) is 0 Å². The highest BCUT2D eigenvalue weighted by molar-refractivity contribution is 6.20. The van der Waals surface area contributed by atoms with Gasteiger partial charge in [-0.2, -0.15) is 5.26 Å². The molecule has 0 fully saturated rings. The summed E-state index contributed by atoms with van der Waals surface area (Å²) in [4.78, 5) is 28.9. The summed E-state index contributed by atoms with van der Waals surface area (Å²) >= 11 is 0. The lowest BCUT2D eigenvalue weighted by Crippen LogP contribution is -2.51. The molecule has 3 aliphatic heterocycles. The molecule has 6 nitrogen and oxygen atoms in total. The number of allylic oxidation sites excluding steroid dienone is 1. The molecule has 1 atom stereocenters. The Labute approximate surface area is 163 Å². The van der Waals surface area contributed by atoms with Crippen LogP contribution >= 0.6 is 0 Å². The second kappa shape index (κ2) is 5.26. The second-order valence-corrected chi connectivity index (χ2v) is 8.59. The lowest BCUT2D eigenvalue weighted by atomic mass is 9.61. The molecule has 2 N–H and O–H groups in total. The summed E-state index contributed by atoms with van der Waals surface area (Å²) in [5.74, 6) is -0.0303. The molecule has 28 heavy (non-hydrogen) atoms. The molecule has 1 aromatic carbocycles. The third-order valence-electron chi connectivity index (χ3n) is 6.61. The number of Topliss-reactive ketones (excluding diaryl/α,β-unsaturated/α-hetero) is 1. The van der Waals surface area contributed by atoms with Crippen molar-refractivity contribution in [3.8, 4) is 6.07 Å². The fourth-order valence-electron chi connectivity index (χ4n) is 5.27. The molecule has 0 radical (unpaired) electrons. The van der Waals surface area contributed by atoms with Crippen LogP contribution in [0.1, 0.15) is 44.2 Å². The van der Waals surface area contributed by atoms with Crippen molar-refractivity contribution in [2.24, 2.45) is 11.1 Å². The summed E-state index contributed by atoms with van der Waals surface area (Å²) in [6.07, 6.45) is 2.64. The van der Waals surface area contributed by atoms with Crippen molar-refractivity contribution in [2.75, 3.05) is 11.4 Å². The molecular formula is C22H21N3O3. The molecule has 0 saturated heterocycles. The number of ketones is 1. The lowest BCUT2D eigenvalue weighted by molar-refractivity contribution is -0.125. The van der Waals surface area contributed by atoms with Gasteiger partial charge < -0.3 is 15.4 Å². The molecule has 4 aliphatic rings. The maximum Gasteiger partial charge on any atom is 0.247 e. The fraction of sp³-hybridized carbons (Fsp3) is 0.409. The minimum Gasteiger partial charge on any atom is -0.444 e.